The standard InChI is InChI=1S/C45H54O22/c1-22(46)56-20-34-37(58-24(3)48)39(60-26(5)50)41(62-28(7)52)43(66-34)64-32-14-10-30(11-15-32)45(9,19-18-36(54)55)31-12-16-33(17-13-31)65-44-42(63-29(8)53)40(61-27(6)51)38(59-25(4)49)35(67-44)21-57-23(2)47/h10-17,34-35,37-44H,18-21H2,1-9H3,(H,54,55)/t34-,35-,37-,38-,39+,40+,41+,42+,43+,44+/m1/s1. The van der Waals surface area contributed by atoms with Gasteiger partial charge in [-0.15, -0.1) is 0 Å². The van der Waals surface area contributed by atoms with E-state index in [1.54, 1.807) is 31.2 Å². The van der Waals surface area contributed by atoms with Crippen molar-refractivity contribution < 1.29 is 105 Å². The Morgan fingerprint density at radius 2 is 0.761 bits per heavy atom. The molecule has 2 aliphatic heterocycles. The average molecular weight is 947 g/mol. The molecule has 2 fully saturated rings. The van der Waals surface area contributed by atoms with Gasteiger partial charge in [0.1, 0.15) is 36.9 Å². The first-order valence-electron chi connectivity index (χ1n) is 20.8. The number of esters is 8. The Balaban J connectivity index is 1.68. The lowest BCUT2D eigenvalue weighted by atomic mass is 9.73. The Morgan fingerprint density at radius 1 is 0.463 bits per heavy atom. The fraction of sp³-hybridized carbons (Fsp3) is 0.533. The van der Waals surface area contributed by atoms with Crippen LogP contribution in [0.3, 0.4) is 0 Å². The van der Waals surface area contributed by atoms with Crippen LogP contribution in [0.1, 0.15) is 86.3 Å². The van der Waals surface area contributed by atoms with Gasteiger partial charge in [-0.05, 0) is 41.8 Å². The molecule has 0 aromatic heterocycles. The minimum atomic E-state index is -1.51. The quantitative estimate of drug-likeness (QED) is 0.156. The van der Waals surface area contributed by atoms with Crippen LogP contribution in [0.4, 0.5) is 0 Å². The molecule has 0 radical (unpaired) electrons. The van der Waals surface area contributed by atoms with Gasteiger partial charge in [-0.25, -0.2) is 0 Å². The molecule has 0 unspecified atom stereocenters. The molecule has 4 rings (SSSR count). The summed E-state index contributed by atoms with van der Waals surface area (Å²) < 4.78 is 67.5. The average Bonchev–Trinajstić information content (AvgIpc) is 3.22. The molecule has 0 aliphatic carbocycles. The van der Waals surface area contributed by atoms with Crippen LogP contribution in [0.2, 0.25) is 0 Å². The summed E-state index contributed by atoms with van der Waals surface area (Å²) in [5.74, 6) is -7.07. The van der Waals surface area contributed by atoms with E-state index in [9.17, 15) is 48.3 Å². The van der Waals surface area contributed by atoms with Crippen LogP contribution in [0.15, 0.2) is 48.5 Å². The molecule has 22 nitrogen and oxygen atoms in total. The lowest BCUT2D eigenvalue weighted by Gasteiger charge is -2.44. The maximum Gasteiger partial charge on any atom is 0.303 e. The Morgan fingerprint density at radius 3 is 1.04 bits per heavy atom. The van der Waals surface area contributed by atoms with E-state index in [0.29, 0.717) is 11.1 Å². The first kappa shape index (κ1) is 52.8. The number of ether oxygens (including phenoxy) is 12. The van der Waals surface area contributed by atoms with Crippen molar-refractivity contribution in [3.8, 4) is 11.5 Å². The Labute approximate surface area is 384 Å². The third-order valence-electron chi connectivity index (χ3n) is 10.2. The molecule has 0 amide bonds. The highest BCUT2D eigenvalue weighted by Crippen LogP contribution is 2.39. The minimum absolute atomic E-state index is 0.0854. The van der Waals surface area contributed by atoms with E-state index in [2.05, 4.69) is 0 Å². The Bertz CT molecular complexity index is 1980. The first-order chi connectivity index (χ1) is 31.5. The highest BCUT2D eigenvalue weighted by atomic mass is 16.7. The van der Waals surface area contributed by atoms with E-state index >= 15 is 0 Å². The molecule has 0 bridgehead atoms. The fourth-order valence-electron chi connectivity index (χ4n) is 7.45. The van der Waals surface area contributed by atoms with Crippen molar-refractivity contribution in [3.63, 3.8) is 0 Å². The zero-order valence-corrected chi connectivity index (χ0v) is 38.2. The second-order valence-electron chi connectivity index (χ2n) is 15.6. The van der Waals surface area contributed by atoms with Crippen molar-refractivity contribution in [2.24, 2.45) is 0 Å². The summed E-state index contributed by atoms with van der Waals surface area (Å²) in [4.78, 5) is 109. The van der Waals surface area contributed by atoms with Gasteiger partial charge in [-0.1, -0.05) is 31.2 Å². The second-order valence-corrected chi connectivity index (χ2v) is 15.6. The van der Waals surface area contributed by atoms with Gasteiger partial charge < -0.3 is 61.9 Å². The summed E-state index contributed by atoms with van der Waals surface area (Å²) in [5.41, 5.74) is 0.213. The molecule has 2 aromatic rings. The SMILES string of the molecule is CC(=O)OC[C@H]1O[C@H](Oc2ccc(C(C)(CCC(=O)O)c3ccc(O[C@H]4O[C@H](COC(C)=O)[C@@H](OC(C)=O)[C@H](OC(C)=O)[C@@H]4OC(C)=O)cc3)cc2)[C@@H](OC(C)=O)[C@@H](OC(C)=O)[C@@H]1OC(C)=O. The van der Waals surface area contributed by atoms with Gasteiger partial charge in [0.2, 0.25) is 24.8 Å². The molecule has 2 heterocycles. The number of carbonyl (C=O) groups is 9. The van der Waals surface area contributed by atoms with Gasteiger partial charge in [-0.2, -0.15) is 0 Å². The van der Waals surface area contributed by atoms with Crippen molar-refractivity contribution in [3.05, 3.63) is 59.7 Å². The van der Waals surface area contributed by atoms with Crippen LogP contribution in [-0.4, -0.2) is 133 Å². The topological polar surface area (TPSA) is 285 Å². The van der Waals surface area contributed by atoms with E-state index in [1.807, 2.05) is 0 Å². The minimum Gasteiger partial charge on any atom is -0.481 e. The number of benzene rings is 2. The summed E-state index contributed by atoms with van der Waals surface area (Å²) >= 11 is 0. The van der Waals surface area contributed by atoms with E-state index in [1.165, 1.54) is 24.3 Å². The first-order valence-corrected chi connectivity index (χ1v) is 20.8. The van der Waals surface area contributed by atoms with Crippen LogP contribution in [0, 0.1) is 0 Å². The van der Waals surface area contributed by atoms with E-state index < -0.39 is 134 Å². The summed E-state index contributed by atoms with van der Waals surface area (Å²) in [6, 6.07) is 12.8. The molecule has 366 valence electrons. The maximum atomic E-state index is 12.3. The number of carboxylic acid groups (broad SMARTS) is 1. The zero-order chi connectivity index (χ0) is 49.7. The summed E-state index contributed by atoms with van der Waals surface area (Å²) in [6.45, 7) is 9.71. The van der Waals surface area contributed by atoms with Crippen molar-refractivity contribution in [2.45, 2.75) is 142 Å². The normalized spacial score (nSPS) is 25.3. The van der Waals surface area contributed by atoms with Gasteiger partial charge in [0.05, 0.1) is 0 Å². The molecule has 22 heteroatoms. The van der Waals surface area contributed by atoms with E-state index in [4.69, 9.17) is 56.8 Å². The van der Waals surface area contributed by atoms with Crippen LogP contribution < -0.4 is 9.47 Å². The van der Waals surface area contributed by atoms with Crippen molar-refractivity contribution in [2.75, 3.05) is 13.2 Å². The van der Waals surface area contributed by atoms with E-state index in [-0.39, 0.29) is 24.3 Å². The fourth-order valence-corrected chi connectivity index (χ4v) is 7.45. The van der Waals surface area contributed by atoms with Crippen molar-refractivity contribution >= 4 is 53.7 Å². The number of hydrogen-bond acceptors (Lipinski definition) is 21. The summed E-state index contributed by atoms with van der Waals surface area (Å²) in [6.07, 6.45) is -14.4. The number of rotatable bonds is 19. The predicted molar refractivity (Wildman–Crippen MR) is 221 cm³/mol. The number of hydrogen-bond donors (Lipinski definition) is 1. The van der Waals surface area contributed by atoms with Crippen molar-refractivity contribution in [1.29, 1.82) is 0 Å². The van der Waals surface area contributed by atoms with Gasteiger partial charge in [0.25, 0.3) is 0 Å². The van der Waals surface area contributed by atoms with Crippen LogP contribution in [-0.2, 0) is 95.9 Å². The van der Waals surface area contributed by atoms with Gasteiger partial charge in [-0.3, -0.25) is 43.2 Å². The molecule has 10 atom stereocenters. The van der Waals surface area contributed by atoms with Gasteiger partial charge in [0, 0.05) is 67.2 Å². The van der Waals surface area contributed by atoms with Crippen molar-refractivity contribution in [1.82, 2.24) is 0 Å². The molecule has 2 saturated heterocycles. The lowest BCUT2D eigenvalue weighted by molar-refractivity contribution is -0.288. The molecule has 2 aliphatic rings. The number of carboxylic acids is 1. The van der Waals surface area contributed by atoms with Crippen LogP contribution >= 0.6 is 0 Å². The molecule has 0 saturated carbocycles. The second kappa shape index (κ2) is 23.6. The Kier molecular flexibility index (Phi) is 18.6. The molecule has 67 heavy (non-hydrogen) atoms. The molecular formula is C45H54O22. The van der Waals surface area contributed by atoms with E-state index in [0.717, 1.165) is 55.4 Å². The van der Waals surface area contributed by atoms with Gasteiger partial charge in [0.15, 0.2) is 24.4 Å². The predicted octanol–water partition coefficient (Wildman–Crippen LogP) is 2.78. The summed E-state index contributed by atoms with van der Waals surface area (Å²) in [5, 5.41) is 9.75. The smallest absolute Gasteiger partial charge is 0.303 e. The highest BCUT2D eigenvalue weighted by Gasteiger charge is 2.55. The molecule has 2 aromatic carbocycles. The molecular weight excluding hydrogens is 892 g/mol. The maximum absolute atomic E-state index is 12.3. The van der Waals surface area contributed by atoms with Crippen LogP contribution in [0.5, 0.6) is 11.5 Å². The lowest BCUT2D eigenvalue weighted by Crippen LogP contribution is -2.63. The molecule has 1 N–H and O–H groups in total. The highest BCUT2D eigenvalue weighted by molar-refractivity contribution is 5.70. The monoisotopic (exact) mass is 946 g/mol. The third-order valence-corrected chi connectivity index (χ3v) is 10.2. The van der Waals surface area contributed by atoms with Crippen LogP contribution in [0.25, 0.3) is 0 Å². The number of carbonyl (C=O) groups excluding carboxylic acids is 8. The third kappa shape index (κ3) is 15.1. The zero-order valence-electron chi connectivity index (χ0n) is 38.2. The largest absolute Gasteiger partial charge is 0.481 e. The van der Waals surface area contributed by atoms with Gasteiger partial charge >= 0.3 is 53.7 Å². The number of aliphatic carboxylic acids is 1. The molecule has 0 spiro atoms. The summed E-state index contributed by atoms with van der Waals surface area (Å²) in [7, 11) is 0. The Hall–Kier alpha value is -6.81.